The molecule has 23 heavy (non-hydrogen) atoms. The van der Waals surface area contributed by atoms with Gasteiger partial charge in [-0.1, -0.05) is 5.16 Å². The second-order valence-electron chi connectivity index (χ2n) is 4.90. The fourth-order valence-corrected chi connectivity index (χ4v) is 2.03. The first-order chi connectivity index (χ1) is 11.0. The number of nitro groups is 1. The Morgan fingerprint density at radius 2 is 2.13 bits per heavy atom. The molecular weight excluding hydrogens is 304 g/mol. The van der Waals surface area contributed by atoms with E-state index in [0.29, 0.717) is 17.8 Å². The molecule has 2 rings (SSSR count). The Morgan fingerprint density at radius 3 is 2.70 bits per heavy atom. The Morgan fingerprint density at radius 1 is 1.39 bits per heavy atom. The number of nitrogens with one attached hydrogen (secondary N) is 1. The van der Waals surface area contributed by atoms with Crippen molar-refractivity contribution in [3.8, 4) is 23.0 Å². The molecular formula is C14H18N4O5. The lowest BCUT2D eigenvalue weighted by Gasteiger charge is -2.08. The number of ether oxygens (including phenoxy) is 2. The Bertz CT molecular complexity index is 700. The molecule has 0 aliphatic heterocycles. The molecule has 1 N–H and O–H groups in total. The Hall–Kier alpha value is -2.68. The third-order valence-corrected chi connectivity index (χ3v) is 3.35. The summed E-state index contributed by atoms with van der Waals surface area (Å²) in [4.78, 5) is 14.9. The van der Waals surface area contributed by atoms with Crippen LogP contribution in [0.4, 0.5) is 5.69 Å². The van der Waals surface area contributed by atoms with Gasteiger partial charge in [0.05, 0.1) is 24.7 Å². The van der Waals surface area contributed by atoms with Crippen molar-refractivity contribution in [2.75, 3.05) is 21.3 Å². The van der Waals surface area contributed by atoms with Crippen LogP contribution in [-0.2, 0) is 6.42 Å². The number of hydrogen-bond donors (Lipinski definition) is 1. The Labute approximate surface area is 132 Å². The van der Waals surface area contributed by atoms with Gasteiger partial charge in [0, 0.05) is 18.5 Å². The first-order valence-corrected chi connectivity index (χ1v) is 6.90. The highest BCUT2D eigenvalue weighted by atomic mass is 16.6. The normalized spacial score (nSPS) is 12.0. The summed E-state index contributed by atoms with van der Waals surface area (Å²) in [7, 11) is 4.58. The van der Waals surface area contributed by atoms with Crippen LogP contribution in [0.15, 0.2) is 16.7 Å². The molecule has 1 aromatic heterocycles. The molecule has 0 amide bonds. The number of nitro benzene ring substituents is 1. The average molecular weight is 322 g/mol. The van der Waals surface area contributed by atoms with Crippen molar-refractivity contribution in [2.24, 2.45) is 0 Å². The second-order valence-corrected chi connectivity index (χ2v) is 4.90. The van der Waals surface area contributed by atoms with Gasteiger partial charge in [-0.15, -0.1) is 0 Å². The van der Waals surface area contributed by atoms with Crippen molar-refractivity contribution in [3.63, 3.8) is 0 Å². The van der Waals surface area contributed by atoms with Gasteiger partial charge in [0.15, 0.2) is 11.6 Å². The molecule has 2 aromatic rings. The van der Waals surface area contributed by atoms with Crippen LogP contribution in [0.3, 0.4) is 0 Å². The van der Waals surface area contributed by atoms with E-state index in [2.05, 4.69) is 15.5 Å². The number of rotatable bonds is 7. The van der Waals surface area contributed by atoms with Crippen molar-refractivity contribution in [3.05, 3.63) is 28.1 Å². The summed E-state index contributed by atoms with van der Waals surface area (Å²) in [6, 6.07) is 3.06. The summed E-state index contributed by atoms with van der Waals surface area (Å²) >= 11 is 0. The highest BCUT2D eigenvalue weighted by Gasteiger charge is 2.24. The van der Waals surface area contributed by atoms with Gasteiger partial charge in [0.2, 0.25) is 5.75 Å². The molecule has 0 radical (unpaired) electrons. The second kappa shape index (κ2) is 7.05. The molecule has 0 bridgehead atoms. The fraction of sp³-hybridized carbons (Fsp3) is 0.429. The smallest absolute Gasteiger partial charge is 0.315 e. The van der Waals surface area contributed by atoms with Crippen molar-refractivity contribution in [1.82, 2.24) is 15.5 Å². The van der Waals surface area contributed by atoms with Crippen molar-refractivity contribution in [2.45, 2.75) is 19.4 Å². The van der Waals surface area contributed by atoms with Gasteiger partial charge < -0.3 is 19.3 Å². The van der Waals surface area contributed by atoms with Gasteiger partial charge in [-0.25, -0.2) is 0 Å². The van der Waals surface area contributed by atoms with E-state index in [4.69, 9.17) is 14.0 Å². The molecule has 9 heteroatoms. The third-order valence-electron chi connectivity index (χ3n) is 3.35. The van der Waals surface area contributed by atoms with Crippen LogP contribution in [0, 0.1) is 10.1 Å². The van der Waals surface area contributed by atoms with Gasteiger partial charge >= 0.3 is 5.69 Å². The zero-order valence-corrected chi connectivity index (χ0v) is 13.3. The van der Waals surface area contributed by atoms with Crippen molar-refractivity contribution in [1.29, 1.82) is 0 Å². The van der Waals surface area contributed by atoms with Crippen LogP contribution in [0.1, 0.15) is 12.7 Å². The van der Waals surface area contributed by atoms with Crippen molar-refractivity contribution >= 4 is 5.69 Å². The highest BCUT2D eigenvalue weighted by Crippen LogP contribution is 2.40. The number of aromatic nitrogens is 2. The largest absolute Gasteiger partial charge is 0.493 e. The van der Waals surface area contributed by atoms with E-state index in [0.717, 1.165) is 0 Å². The first kappa shape index (κ1) is 16.7. The molecule has 0 saturated carbocycles. The van der Waals surface area contributed by atoms with Crippen molar-refractivity contribution < 1.29 is 18.9 Å². The standard InChI is InChI=1S/C14H18N4O5/c1-8(15-2)5-12-16-14(23-17-12)9-6-10(18(19)20)13(22-4)11(7-9)21-3/h6-8,15H,5H2,1-4H3. The minimum Gasteiger partial charge on any atom is -0.493 e. The predicted molar refractivity (Wildman–Crippen MR) is 81.7 cm³/mol. The molecule has 0 fully saturated rings. The monoisotopic (exact) mass is 322 g/mol. The minimum atomic E-state index is -0.550. The number of likely N-dealkylation sites (N-methyl/N-ethyl adjacent to an activating group) is 1. The summed E-state index contributed by atoms with van der Waals surface area (Å²) in [5.74, 6) is 0.969. The molecule has 0 spiro atoms. The lowest BCUT2D eigenvalue weighted by Crippen LogP contribution is -2.24. The average Bonchev–Trinajstić information content (AvgIpc) is 3.01. The lowest BCUT2D eigenvalue weighted by molar-refractivity contribution is -0.385. The van der Waals surface area contributed by atoms with Crippen LogP contribution in [0.2, 0.25) is 0 Å². The fourth-order valence-electron chi connectivity index (χ4n) is 2.03. The maximum Gasteiger partial charge on any atom is 0.315 e. The SMILES string of the molecule is CNC(C)Cc1noc(-c2cc(OC)c(OC)c([N+](=O)[O-])c2)n1. The van der Waals surface area contributed by atoms with Crippen LogP contribution >= 0.6 is 0 Å². The van der Waals surface area contributed by atoms with Crippen LogP contribution in [0.25, 0.3) is 11.5 Å². The Balaban J connectivity index is 2.43. The van der Waals surface area contributed by atoms with E-state index >= 15 is 0 Å². The van der Waals surface area contributed by atoms with E-state index in [1.807, 2.05) is 14.0 Å². The van der Waals surface area contributed by atoms with E-state index < -0.39 is 4.92 Å². The summed E-state index contributed by atoms with van der Waals surface area (Å²) in [5.41, 5.74) is 0.162. The maximum absolute atomic E-state index is 11.2. The zero-order chi connectivity index (χ0) is 17.0. The molecule has 0 aliphatic carbocycles. The molecule has 1 aromatic carbocycles. The highest BCUT2D eigenvalue weighted by molar-refractivity contribution is 5.68. The number of nitrogens with zero attached hydrogens (tertiary/aromatic N) is 3. The van der Waals surface area contributed by atoms with E-state index in [9.17, 15) is 10.1 Å². The lowest BCUT2D eigenvalue weighted by atomic mass is 10.1. The molecule has 1 unspecified atom stereocenters. The molecule has 9 nitrogen and oxygen atoms in total. The number of methoxy groups -OCH3 is 2. The molecule has 1 atom stereocenters. The Kier molecular flexibility index (Phi) is 5.12. The topological polar surface area (TPSA) is 113 Å². The number of benzene rings is 1. The summed E-state index contributed by atoms with van der Waals surface area (Å²) in [6.45, 7) is 1.98. The zero-order valence-electron chi connectivity index (χ0n) is 13.3. The van der Waals surface area contributed by atoms with E-state index in [1.54, 1.807) is 6.07 Å². The predicted octanol–water partition coefficient (Wildman–Crippen LogP) is 1.81. The maximum atomic E-state index is 11.2. The van der Waals surface area contributed by atoms with E-state index in [-0.39, 0.29) is 29.1 Å². The molecule has 0 aliphatic rings. The number of hydrogen-bond acceptors (Lipinski definition) is 8. The van der Waals surface area contributed by atoms with Gasteiger partial charge in [0.25, 0.3) is 5.89 Å². The van der Waals surface area contributed by atoms with Gasteiger partial charge in [-0.05, 0) is 20.0 Å². The van der Waals surface area contributed by atoms with Gasteiger partial charge in [-0.3, -0.25) is 10.1 Å². The van der Waals surface area contributed by atoms with Gasteiger partial charge in [0.1, 0.15) is 0 Å². The first-order valence-electron chi connectivity index (χ1n) is 6.90. The van der Waals surface area contributed by atoms with Crippen LogP contribution < -0.4 is 14.8 Å². The molecule has 124 valence electrons. The van der Waals surface area contributed by atoms with Gasteiger partial charge in [-0.2, -0.15) is 4.98 Å². The molecule has 0 saturated heterocycles. The molecule has 1 heterocycles. The summed E-state index contributed by atoms with van der Waals surface area (Å²) in [5, 5.41) is 18.2. The van der Waals surface area contributed by atoms with Crippen LogP contribution in [-0.4, -0.2) is 42.4 Å². The quantitative estimate of drug-likeness (QED) is 0.606. The minimum absolute atomic E-state index is 0.0461. The summed E-state index contributed by atoms with van der Waals surface area (Å²) in [6.07, 6.45) is 0.579. The van der Waals surface area contributed by atoms with E-state index in [1.165, 1.54) is 20.3 Å². The summed E-state index contributed by atoms with van der Waals surface area (Å²) < 4.78 is 15.4. The third kappa shape index (κ3) is 3.57. The van der Waals surface area contributed by atoms with Crippen LogP contribution in [0.5, 0.6) is 11.5 Å².